The first-order chi connectivity index (χ1) is 23.5. The summed E-state index contributed by atoms with van der Waals surface area (Å²) in [7, 11) is 4.01. The number of ether oxygens (including phenoxy) is 6. The Morgan fingerprint density at radius 2 is 0.917 bits per heavy atom. The van der Waals surface area contributed by atoms with Crippen LogP contribution in [0.25, 0.3) is 0 Å². The third-order valence-electron chi connectivity index (χ3n) is 7.01. The summed E-state index contributed by atoms with van der Waals surface area (Å²) in [5, 5.41) is 7.96. The van der Waals surface area contributed by atoms with E-state index in [1.807, 2.05) is 84.1 Å². The molecule has 0 saturated heterocycles. The first-order valence-electron chi connectivity index (χ1n) is 15.4. The lowest BCUT2D eigenvalue weighted by Crippen LogP contribution is -2.31. The van der Waals surface area contributed by atoms with E-state index in [2.05, 4.69) is 4.90 Å². The summed E-state index contributed by atoms with van der Waals surface area (Å²) in [5.41, 5.74) is 0. The molecule has 0 saturated carbocycles. The van der Waals surface area contributed by atoms with Crippen molar-refractivity contribution in [1.29, 1.82) is 0 Å². The Kier molecular flexibility index (Phi) is 17.4. The minimum Gasteiger partial charge on any atom is -0.422 e. The number of rotatable bonds is 23. The zero-order valence-electron chi connectivity index (χ0n) is 27.2. The summed E-state index contributed by atoms with van der Waals surface area (Å²) in [5.74, 6) is 0. The van der Waals surface area contributed by atoms with Crippen molar-refractivity contribution in [3.8, 4) is 0 Å². The Morgan fingerprint density at radius 3 is 1.21 bits per heavy atom. The molecule has 0 spiro atoms. The molecule has 4 aromatic rings. The highest BCUT2D eigenvalue weighted by molar-refractivity contribution is 7.10. The van der Waals surface area contributed by atoms with Crippen LogP contribution in [0.15, 0.2) is 70.1 Å². The molecule has 4 rings (SSSR count). The van der Waals surface area contributed by atoms with Gasteiger partial charge in [0.25, 0.3) is 0 Å². The van der Waals surface area contributed by atoms with E-state index in [1.165, 1.54) is 0 Å². The van der Waals surface area contributed by atoms with E-state index in [1.54, 1.807) is 55.1 Å². The lowest BCUT2D eigenvalue weighted by atomic mass is 10.1. The fourth-order valence-corrected chi connectivity index (χ4v) is 7.38. The predicted octanol–water partition coefficient (Wildman–Crippen LogP) is 7.52. The second kappa shape index (κ2) is 22.0. The standard InChI is InChI=1S/C33H43N3O8S4/c1-34(2)27(11-13-39-23-41-25-43-32(37)35(19-28-7-3-15-45-28)20-29-8-4-16-46-29)12-14-40-24-42-26-44-33(38)36(21-30-9-5-17-47-30)22-31-10-6-18-48-31/h3-10,15-18,27H,11-14,19-26H2,1-2H3. The molecule has 0 aromatic carbocycles. The number of carbonyl (C=O) groups excluding carboxylic acids is 2. The van der Waals surface area contributed by atoms with Crippen molar-refractivity contribution in [2.45, 2.75) is 45.1 Å². The van der Waals surface area contributed by atoms with Crippen molar-refractivity contribution in [2.24, 2.45) is 0 Å². The van der Waals surface area contributed by atoms with Gasteiger partial charge in [-0.05, 0) is 72.7 Å². The van der Waals surface area contributed by atoms with Crippen LogP contribution in [0.2, 0.25) is 0 Å². The maximum atomic E-state index is 12.7. The van der Waals surface area contributed by atoms with Crippen molar-refractivity contribution in [1.82, 2.24) is 14.7 Å². The Labute approximate surface area is 298 Å². The van der Waals surface area contributed by atoms with Crippen molar-refractivity contribution >= 4 is 57.5 Å². The van der Waals surface area contributed by atoms with E-state index in [0.717, 1.165) is 32.4 Å². The van der Waals surface area contributed by atoms with Gasteiger partial charge in [-0.15, -0.1) is 45.3 Å². The van der Waals surface area contributed by atoms with E-state index >= 15 is 0 Å². The fraction of sp³-hybridized carbons (Fsp3) is 0.455. The van der Waals surface area contributed by atoms with Gasteiger partial charge in [-0.1, -0.05) is 24.3 Å². The van der Waals surface area contributed by atoms with Crippen LogP contribution in [-0.4, -0.2) is 87.4 Å². The Hall–Kier alpha value is -2.86. The van der Waals surface area contributed by atoms with Crippen molar-refractivity contribution in [3.63, 3.8) is 0 Å². The quantitative estimate of drug-likeness (QED) is 0.0566. The Bertz CT molecular complexity index is 1210. The molecule has 4 aromatic heterocycles. The minimum atomic E-state index is -0.433. The van der Waals surface area contributed by atoms with E-state index in [4.69, 9.17) is 28.4 Å². The molecule has 2 amide bonds. The molecule has 15 heteroatoms. The molecule has 0 atom stereocenters. The highest BCUT2D eigenvalue weighted by Gasteiger charge is 2.19. The molecule has 48 heavy (non-hydrogen) atoms. The Balaban J connectivity index is 1.03. The van der Waals surface area contributed by atoms with Gasteiger partial charge in [0, 0.05) is 25.6 Å². The summed E-state index contributed by atoms with van der Waals surface area (Å²) >= 11 is 6.41. The third kappa shape index (κ3) is 14.3. The molecule has 262 valence electrons. The monoisotopic (exact) mass is 737 g/mol. The van der Waals surface area contributed by atoms with Crippen LogP contribution in [0.1, 0.15) is 32.4 Å². The molecule has 0 radical (unpaired) electrons. The van der Waals surface area contributed by atoms with Gasteiger partial charge in [0.05, 0.1) is 39.4 Å². The molecular weight excluding hydrogens is 695 g/mol. The SMILES string of the molecule is CN(C)C(CCOCOCOC(=O)N(Cc1cccs1)Cc1cccs1)CCOCOCOC(=O)N(Cc1cccs1)Cc1cccs1. The highest BCUT2D eigenvalue weighted by atomic mass is 32.1. The normalized spacial score (nSPS) is 11.3. The fourth-order valence-electron chi connectivity index (χ4n) is 4.50. The first-order valence-corrected chi connectivity index (χ1v) is 18.9. The van der Waals surface area contributed by atoms with Crippen LogP contribution >= 0.6 is 45.3 Å². The van der Waals surface area contributed by atoms with E-state index in [-0.39, 0.29) is 33.2 Å². The smallest absolute Gasteiger partial charge is 0.412 e. The van der Waals surface area contributed by atoms with Gasteiger partial charge >= 0.3 is 12.2 Å². The van der Waals surface area contributed by atoms with E-state index in [0.29, 0.717) is 39.4 Å². The summed E-state index contributed by atoms with van der Waals surface area (Å²) in [6, 6.07) is 16.1. The number of amides is 2. The Morgan fingerprint density at radius 1 is 0.562 bits per heavy atom. The zero-order valence-corrected chi connectivity index (χ0v) is 30.5. The maximum Gasteiger partial charge on any atom is 0.412 e. The largest absolute Gasteiger partial charge is 0.422 e. The van der Waals surface area contributed by atoms with Crippen LogP contribution in [-0.2, 0) is 54.6 Å². The minimum absolute atomic E-state index is 0.0183. The molecule has 0 aliphatic heterocycles. The van der Waals surface area contributed by atoms with Gasteiger partial charge in [0.15, 0.2) is 27.2 Å². The van der Waals surface area contributed by atoms with Crippen LogP contribution in [0, 0.1) is 0 Å². The summed E-state index contributed by atoms with van der Waals surface area (Å²) in [6.45, 7) is 2.51. The van der Waals surface area contributed by atoms with Gasteiger partial charge in [-0.2, -0.15) is 0 Å². The molecule has 0 unspecified atom stereocenters. The molecule has 0 N–H and O–H groups in total. The molecule has 11 nitrogen and oxygen atoms in total. The number of carbonyl (C=O) groups is 2. The van der Waals surface area contributed by atoms with Crippen molar-refractivity contribution in [3.05, 3.63) is 89.6 Å². The van der Waals surface area contributed by atoms with Crippen LogP contribution in [0.5, 0.6) is 0 Å². The van der Waals surface area contributed by atoms with E-state index < -0.39 is 12.2 Å². The molecular formula is C33H43N3O8S4. The average Bonchev–Trinajstić information content (AvgIpc) is 3.92. The van der Waals surface area contributed by atoms with Gasteiger partial charge in [-0.25, -0.2) is 9.59 Å². The maximum absolute atomic E-state index is 12.7. The summed E-state index contributed by atoms with van der Waals surface area (Å²) in [6.07, 6.45) is 0.656. The second-order valence-corrected chi connectivity index (χ2v) is 14.9. The molecule has 0 fully saturated rings. The average molecular weight is 738 g/mol. The first kappa shape index (κ1) is 38.0. The summed E-state index contributed by atoms with van der Waals surface area (Å²) < 4.78 is 32.8. The second-order valence-electron chi connectivity index (χ2n) is 10.7. The van der Waals surface area contributed by atoms with Gasteiger partial charge in [0.1, 0.15) is 0 Å². The number of nitrogens with zero attached hydrogens (tertiary/aromatic N) is 3. The molecule has 0 bridgehead atoms. The highest BCUT2D eigenvalue weighted by Crippen LogP contribution is 2.19. The van der Waals surface area contributed by atoms with Crippen LogP contribution in [0.3, 0.4) is 0 Å². The molecule has 0 aliphatic carbocycles. The molecule has 4 heterocycles. The number of thiophene rings is 4. The summed E-state index contributed by atoms with van der Waals surface area (Å²) in [4.78, 5) is 35.3. The van der Waals surface area contributed by atoms with Gasteiger partial charge in [0.2, 0.25) is 0 Å². The van der Waals surface area contributed by atoms with E-state index in [9.17, 15) is 9.59 Å². The molecule has 0 aliphatic rings. The topological polar surface area (TPSA) is 99.2 Å². The lowest BCUT2D eigenvalue weighted by Gasteiger charge is -2.24. The van der Waals surface area contributed by atoms with Gasteiger partial charge < -0.3 is 33.3 Å². The van der Waals surface area contributed by atoms with Crippen LogP contribution < -0.4 is 0 Å². The third-order valence-corrected chi connectivity index (χ3v) is 10.5. The predicted molar refractivity (Wildman–Crippen MR) is 189 cm³/mol. The zero-order chi connectivity index (χ0) is 33.8. The number of hydrogen-bond acceptors (Lipinski definition) is 13. The number of hydrogen-bond donors (Lipinski definition) is 0. The van der Waals surface area contributed by atoms with Crippen molar-refractivity contribution in [2.75, 3.05) is 54.5 Å². The van der Waals surface area contributed by atoms with Crippen molar-refractivity contribution < 1.29 is 38.0 Å². The lowest BCUT2D eigenvalue weighted by molar-refractivity contribution is -0.120. The van der Waals surface area contributed by atoms with Crippen LogP contribution in [0.4, 0.5) is 9.59 Å². The van der Waals surface area contributed by atoms with Gasteiger partial charge in [-0.3, -0.25) is 9.80 Å².